The Hall–Kier alpha value is -2.18. The van der Waals surface area contributed by atoms with E-state index in [2.05, 4.69) is 182 Å². The Bertz CT molecular complexity index is 1900. The Labute approximate surface area is 339 Å². The van der Waals surface area contributed by atoms with Crippen molar-refractivity contribution in [1.29, 1.82) is 0 Å². The van der Waals surface area contributed by atoms with E-state index in [0.717, 1.165) is 0 Å². The van der Waals surface area contributed by atoms with Gasteiger partial charge in [0.2, 0.25) is 0 Å². The smallest absolute Gasteiger partial charge is 1.00 e. The fourth-order valence-electron chi connectivity index (χ4n) is 9.32. The van der Waals surface area contributed by atoms with Crippen molar-refractivity contribution in [3.63, 3.8) is 0 Å². The third-order valence-electron chi connectivity index (χ3n) is 12.5. The van der Waals surface area contributed by atoms with Crippen LogP contribution < -0.4 is 24.8 Å². The number of rotatable bonds is 4. The van der Waals surface area contributed by atoms with E-state index in [1.54, 1.807) is 22.3 Å². The van der Waals surface area contributed by atoms with E-state index in [4.69, 9.17) is 0 Å². The molecule has 53 heavy (non-hydrogen) atoms. The summed E-state index contributed by atoms with van der Waals surface area (Å²) in [6, 6.07) is 29.4. The molecule has 0 aromatic heterocycles. The standard InChI is InChI=1S/2C24H29.C2H4.2ClH.Zr/c2*1-16-11-17-9-8-10-21(22(17)12-16)18-13-19(23(2,3)4)15-20(14-18)24(5,6)7;1-2;;;/h2*8-15H,1-7H3;1-2H2;2*1H;/q;;;;;+2/p-2. The fraction of sp³-hybridized carbons (Fsp3) is 0.440. The average molecular weight is 825 g/mol. The van der Waals surface area contributed by atoms with Crippen molar-refractivity contribution in [3.8, 4) is 22.3 Å². The molecule has 3 aliphatic rings. The molecule has 7 rings (SSSR count). The Morgan fingerprint density at radius 3 is 1.02 bits per heavy atom. The van der Waals surface area contributed by atoms with Gasteiger partial charge in [-0.15, -0.1) is 0 Å². The Balaban J connectivity index is 0.00000271. The maximum absolute atomic E-state index is 2.77. The van der Waals surface area contributed by atoms with Gasteiger partial charge in [-0.25, -0.2) is 0 Å². The van der Waals surface area contributed by atoms with E-state index in [1.165, 1.54) is 63.9 Å². The van der Waals surface area contributed by atoms with Crippen LogP contribution in [-0.2, 0) is 41.9 Å². The van der Waals surface area contributed by atoms with Crippen LogP contribution in [0.5, 0.6) is 0 Å². The third kappa shape index (κ3) is 7.55. The maximum Gasteiger partial charge on any atom is -1.00 e. The van der Waals surface area contributed by atoms with Gasteiger partial charge < -0.3 is 24.8 Å². The minimum Gasteiger partial charge on any atom is -1.00 e. The van der Waals surface area contributed by atoms with Gasteiger partial charge in [0.05, 0.1) is 0 Å². The molecule has 0 nitrogen and oxygen atoms in total. The molecule has 1 saturated heterocycles. The third-order valence-corrected chi connectivity index (χ3v) is 26.0. The second-order valence-electron chi connectivity index (χ2n) is 20.6. The molecule has 1 aliphatic heterocycles. The summed E-state index contributed by atoms with van der Waals surface area (Å²) >= 11 is -2.77. The fourth-order valence-corrected chi connectivity index (χ4v) is 27.0. The number of hydrogen-bond acceptors (Lipinski definition) is 0. The van der Waals surface area contributed by atoms with Gasteiger partial charge in [0.15, 0.2) is 0 Å². The molecule has 2 aliphatic carbocycles. The monoisotopic (exact) mass is 822 g/mol. The Morgan fingerprint density at radius 1 is 0.453 bits per heavy atom. The van der Waals surface area contributed by atoms with Crippen LogP contribution in [0.15, 0.2) is 83.9 Å². The minimum atomic E-state index is -2.77. The van der Waals surface area contributed by atoms with Crippen LogP contribution in [0.1, 0.15) is 149 Å². The summed E-state index contributed by atoms with van der Waals surface area (Å²) < 4.78 is 4.24. The number of fused-ring (bicyclic) bond motifs is 2. The molecule has 0 saturated carbocycles. The number of benzene rings is 4. The molecular formula is C50H62Cl2Zr. The molecule has 0 amide bonds. The van der Waals surface area contributed by atoms with Crippen LogP contribution in [0.3, 0.4) is 0 Å². The topological polar surface area (TPSA) is 0 Å². The van der Waals surface area contributed by atoms with Gasteiger partial charge >= 0.3 is 317 Å². The van der Waals surface area contributed by atoms with Crippen LogP contribution >= 0.6 is 0 Å². The average Bonchev–Trinajstić information content (AvgIpc) is 3.60. The molecule has 1 heterocycles. The molecule has 4 aromatic rings. The second kappa shape index (κ2) is 14.1. The van der Waals surface area contributed by atoms with E-state index in [9.17, 15) is 0 Å². The first-order valence-electron chi connectivity index (χ1n) is 19.5. The van der Waals surface area contributed by atoms with Crippen molar-refractivity contribution in [2.24, 2.45) is 0 Å². The van der Waals surface area contributed by atoms with Crippen molar-refractivity contribution >= 4 is 12.2 Å². The molecule has 1 fully saturated rings. The molecule has 2 atom stereocenters. The first-order chi connectivity index (χ1) is 23.6. The van der Waals surface area contributed by atoms with Gasteiger partial charge in [-0.05, 0) is 0 Å². The summed E-state index contributed by atoms with van der Waals surface area (Å²) in [5.41, 5.74) is 21.2. The SMILES string of the molecule is CC1=Cc2c(-c3cc(C(C)(C)C)cc(C(C)(C)C)c3)cccc2[CH]1[Zr+2]1([CH]2C(C)=Cc3c(-c4cc(C(C)(C)C)cc(C(C)(C)C)c4)cccc32)[CH2][CH2]1.[Cl-].[Cl-]. The van der Waals surface area contributed by atoms with E-state index in [-0.39, 0.29) is 46.5 Å². The zero-order valence-corrected chi connectivity index (χ0v) is 38.9. The number of halogens is 2. The normalized spacial score (nSPS) is 18.5. The van der Waals surface area contributed by atoms with Gasteiger partial charge in [0.25, 0.3) is 0 Å². The van der Waals surface area contributed by atoms with Gasteiger partial charge in [-0.3, -0.25) is 0 Å². The van der Waals surface area contributed by atoms with Gasteiger partial charge in [0, 0.05) is 0 Å². The molecule has 0 bridgehead atoms. The first-order valence-corrected chi connectivity index (χ1v) is 25.9. The van der Waals surface area contributed by atoms with Crippen LogP contribution in [0.25, 0.3) is 34.4 Å². The first kappa shape index (κ1) is 42.0. The van der Waals surface area contributed by atoms with Crippen LogP contribution in [0.4, 0.5) is 0 Å². The summed E-state index contributed by atoms with van der Waals surface area (Å²) in [6.07, 6.45) is 5.20. The van der Waals surface area contributed by atoms with Crippen molar-refractivity contribution in [2.75, 3.05) is 0 Å². The van der Waals surface area contributed by atoms with E-state index in [1.807, 2.05) is 0 Å². The van der Waals surface area contributed by atoms with Crippen LogP contribution in [0.2, 0.25) is 8.26 Å². The number of hydrogen-bond donors (Lipinski definition) is 0. The summed E-state index contributed by atoms with van der Waals surface area (Å²) in [5, 5.41) is 0. The van der Waals surface area contributed by atoms with Gasteiger partial charge in [-0.2, -0.15) is 0 Å². The molecule has 280 valence electrons. The molecule has 2 unspecified atom stereocenters. The molecule has 0 N–H and O–H groups in total. The summed E-state index contributed by atoms with van der Waals surface area (Å²) in [5.74, 6) is 0. The summed E-state index contributed by atoms with van der Waals surface area (Å²) in [4.78, 5) is 0. The Morgan fingerprint density at radius 2 is 0.755 bits per heavy atom. The quantitative estimate of drug-likeness (QED) is 0.193. The van der Waals surface area contributed by atoms with Gasteiger partial charge in [0.1, 0.15) is 0 Å². The molecular weight excluding hydrogens is 763 g/mol. The predicted molar refractivity (Wildman–Crippen MR) is 221 cm³/mol. The zero-order chi connectivity index (χ0) is 37.1. The van der Waals surface area contributed by atoms with Crippen LogP contribution in [0, 0.1) is 0 Å². The second-order valence-corrected chi connectivity index (χ2v) is 31.9. The van der Waals surface area contributed by atoms with Crippen LogP contribution in [-0.4, -0.2) is 0 Å². The van der Waals surface area contributed by atoms with Crippen molar-refractivity contribution in [1.82, 2.24) is 0 Å². The number of allylic oxidation sites excluding steroid dienone is 2. The molecule has 0 radical (unpaired) electrons. The van der Waals surface area contributed by atoms with E-state index in [0.29, 0.717) is 7.25 Å². The van der Waals surface area contributed by atoms with Gasteiger partial charge in [-0.1, -0.05) is 0 Å². The van der Waals surface area contributed by atoms with Crippen molar-refractivity contribution in [3.05, 3.63) is 128 Å². The Kier molecular flexibility index (Phi) is 11.2. The van der Waals surface area contributed by atoms with E-state index >= 15 is 0 Å². The molecule has 4 aromatic carbocycles. The largest absolute Gasteiger partial charge is 1.00 e. The predicted octanol–water partition coefficient (Wildman–Crippen LogP) is 8.84. The molecule has 3 heteroatoms. The van der Waals surface area contributed by atoms with Crippen molar-refractivity contribution in [2.45, 2.75) is 134 Å². The van der Waals surface area contributed by atoms with E-state index < -0.39 is 20.3 Å². The zero-order valence-electron chi connectivity index (χ0n) is 34.9. The molecule has 0 spiro atoms. The van der Waals surface area contributed by atoms with Crippen molar-refractivity contribution < 1.29 is 45.1 Å². The summed E-state index contributed by atoms with van der Waals surface area (Å²) in [6.45, 7) is 33.2. The summed E-state index contributed by atoms with van der Waals surface area (Å²) in [7, 11) is 0. The minimum absolute atomic E-state index is 0. The maximum atomic E-state index is 2.60.